The molecule has 18 heavy (non-hydrogen) atoms. The van der Waals surface area contributed by atoms with Crippen LogP contribution in [0.25, 0.3) is 0 Å². The van der Waals surface area contributed by atoms with E-state index in [2.05, 4.69) is 45.7 Å². The van der Waals surface area contributed by atoms with Crippen LogP contribution < -0.4 is 0 Å². The quantitative estimate of drug-likeness (QED) is 0.702. The molecular weight excluding hydrogens is 358 g/mol. The van der Waals surface area contributed by atoms with Gasteiger partial charge in [-0.15, -0.1) is 0 Å². The fraction of sp³-hybridized carbons (Fsp3) is 0.500. The standard InChI is InChI=1S/C14H17Br2NO/c1-9-4-3-5-10(2)17(9)14(18)11-6-12(15)8-13(16)7-11/h6-10H,3-5H2,1-2H3/t9-,10+. The predicted octanol–water partition coefficient (Wildman–Crippen LogP) is 4.61. The van der Waals surface area contributed by atoms with Gasteiger partial charge in [0, 0.05) is 26.6 Å². The summed E-state index contributed by atoms with van der Waals surface area (Å²) in [5.41, 5.74) is 0.747. The molecule has 1 fully saturated rings. The third-order valence-electron chi connectivity index (χ3n) is 3.54. The van der Waals surface area contributed by atoms with Crippen molar-refractivity contribution >= 4 is 37.8 Å². The van der Waals surface area contributed by atoms with E-state index in [0.29, 0.717) is 12.1 Å². The average Bonchev–Trinajstić information content (AvgIpc) is 2.27. The van der Waals surface area contributed by atoms with Crippen LogP contribution in [0.3, 0.4) is 0 Å². The smallest absolute Gasteiger partial charge is 0.254 e. The molecular formula is C14H17Br2NO. The zero-order valence-corrected chi connectivity index (χ0v) is 13.8. The van der Waals surface area contributed by atoms with E-state index in [4.69, 9.17) is 0 Å². The number of hydrogen-bond donors (Lipinski definition) is 0. The van der Waals surface area contributed by atoms with Crippen molar-refractivity contribution in [3.63, 3.8) is 0 Å². The van der Waals surface area contributed by atoms with Gasteiger partial charge in [0.1, 0.15) is 0 Å². The topological polar surface area (TPSA) is 20.3 Å². The summed E-state index contributed by atoms with van der Waals surface area (Å²) in [4.78, 5) is 14.6. The average molecular weight is 375 g/mol. The van der Waals surface area contributed by atoms with Crippen LogP contribution in [0.5, 0.6) is 0 Å². The number of hydrogen-bond acceptors (Lipinski definition) is 1. The minimum Gasteiger partial charge on any atom is -0.333 e. The molecule has 98 valence electrons. The molecule has 0 spiro atoms. The Bertz CT molecular complexity index is 431. The Morgan fingerprint density at radius 1 is 1.11 bits per heavy atom. The Morgan fingerprint density at radius 3 is 2.11 bits per heavy atom. The highest BCUT2D eigenvalue weighted by molar-refractivity contribution is 9.11. The lowest BCUT2D eigenvalue weighted by Gasteiger charge is -2.39. The molecule has 0 saturated carbocycles. The zero-order valence-electron chi connectivity index (χ0n) is 10.6. The fourth-order valence-corrected chi connectivity index (χ4v) is 3.94. The molecule has 2 nitrogen and oxygen atoms in total. The Balaban J connectivity index is 2.29. The summed E-state index contributed by atoms with van der Waals surface area (Å²) in [7, 11) is 0. The Hall–Kier alpha value is -0.350. The van der Waals surface area contributed by atoms with Crippen LogP contribution >= 0.6 is 31.9 Å². The Morgan fingerprint density at radius 2 is 1.61 bits per heavy atom. The molecule has 2 rings (SSSR count). The van der Waals surface area contributed by atoms with Gasteiger partial charge in [0.05, 0.1) is 0 Å². The van der Waals surface area contributed by atoms with Crippen LogP contribution in [-0.2, 0) is 0 Å². The van der Waals surface area contributed by atoms with E-state index in [1.54, 1.807) is 0 Å². The maximum atomic E-state index is 12.6. The van der Waals surface area contributed by atoms with Gasteiger partial charge in [0.25, 0.3) is 5.91 Å². The molecule has 0 aliphatic carbocycles. The van der Waals surface area contributed by atoms with Crippen molar-refractivity contribution < 1.29 is 4.79 Å². The van der Waals surface area contributed by atoms with Gasteiger partial charge < -0.3 is 4.90 Å². The molecule has 1 aliphatic heterocycles. The second kappa shape index (κ2) is 5.74. The number of halogens is 2. The van der Waals surface area contributed by atoms with E-state index >= 15 is 0 Å². The van der Waals surface area contributed by atoms with Gasteiger partial charge in [-0.05, 0) is 51.3 Å². The number of carbonyl (C=O) groups excluding carboxylic acids is 1. The summed E-state index contributed by atoms with van der Waals surface area (Å²) in [6, 6.07) is 6.39. The molecule has 0 radical (unpaired) electrons. The first-order chi connectivity index (χ1) is 8.49. The van der Waals surface area contributed by atoms with E-state index in [1.807, 2.05) is 23.1 Å². The van der Waals surface area contributed by atoms with Crippen LogP contribution in [0.2, 0.25) is 0 Å². The largest absolute Gasteiger partial charge is 0.333 e. The van der Waals surface area contributed by atoms with Crippen molar-refractivity contribution in [2.75, 3.05) is 0 Å². The number of amides is 1. The molecule has 4 heteroatoms. The van der Waals surface area contributed by atoms with Gasteiger partial charge >= 0.3 is 0 Å². The molecule has 0 unspecified atom stereocenters. The molecule has 0 N–H and O–H groups in total. The second-order valence-electron chi connectivity index (χ2n) is 5.00. The number of carbonyl (C=O) groups is 1. The van der Waals surface area contributed by atoms with Crippen molar-refractivity contribution in [3.8, 4) is 0 Å². The molecule has 1 amide bonds. The van der Waals surface area contributed by atoms with E-state index < -0.39 is 0 Å². The monoisotopic (exact) mass is 373 g/mol. The molecule has 1 saturated heterocycles. The molecule has 1 aromatic rings. The van der Waals surface area contributed by atoms with Crippen molar-refractivity contribution in [2.45, 2.75) is 45.2 Å². The molecule has 1 heterocycles. The third kappa shape index (κ3) is 2.97. The number of piperidine rings is 1. The predicted molar refractivity (Wildman–Crippen MR) is 80.8 cm³/mol. The maximum Gasteiger partial charge on any atom is 0.254 e. The number of likely N-dealkylation sites (tertiary alicyclic amines) is 1. The lowest BCUT2D eigenvalue weighted by molar-refractivity contribution is 0.0510. The van der Waals surface area contributed by atoms with Crippen molar-refractivity contribution in [1.29, 1.82) is 0 Å². The van der Waals surface area contributed by atoms with Crippen molar-refractivity contribution in [1.82, 2.24) is 4.90 Å². The first kappa shape index (κ1) is 14.1. The maximum absolute atomic E-state index is 12.6. The van der Waals surface area contributed by atoms with Crippen LogP contribution in [-0.4, -0.2) is 22.9 Å². The van der Waals surface area contributed by atoms with Crippen molar-refractivity contribution in [2.24, 2.45) is 0 Å². The third-order valence-corrected chi connectivity index (χ3v) is 4.45. The minimum atomic E-state index is 0.136. The lowest BCUT2D eigenvalue weighted by Crippen LogP contribution is -2.47. The summed E-state index contributed by atoms with van der Waals surface area (Å²) >= 11 is 6.87. The van der Waals surface area contributed by atoms with Gasteiger partial charge in [-0.2, -0.15) is 0 Å². The van der Waals surface area contributed by atoms with E-state index in [-0.39, 0.29) is 5.91 Å². The number of nitrogens with zero attached hydrogens (tertiary/aromatic N) is 1. The van der Waals surface area contributed by atoms with Crippen LogP contribution in [0.1, 0.15) is 43.5 Å². The highest BCUT2D eigenvalue weighted by Crippen LogP contribution is 2.27. The first-order valence-corrected chi connectivity index (χ1v) is 7.86. The summed E-state index contributed by atoms with van der Waals surface area (Å²) < 4.78 is 1.86. The summed E-state index contributed by atoms with van der Waals surface area (Å²) in [5, 5.41) is 0. The molecule has 0 bridgehead atoms. The van der Waals surface area contributed by atoms with E-state index in [1.165, 1.54) is 6.42 Å². The molecule has 1 aromatic carbocycles. The van der Waals surface area contributed by atoms with Crippen molar-refractivity contribution in [3.05, 3.63) is 32.7 Å². The summed E-state index contributed by atoms with van der Waals surface area (Å²) in [6.07, 6.45) is 3.42. The summed E-state index contributed by atoms with van der Waals surface area (Å²) in [6.45, 7) is 4.28. The zero-order chi connectivity index (χ0) is 13.3. The molecule has 2 atom stereocenters. The van der Waals surface area contributed by atoms with Gasteiger partial charge in [-0.1, -0.05) is 31.9 Å². The highest BCUT2D eigenvalue weighted by atomic mass is 79.9. The van der Waals surface area contributed by atoms with Crippen LogP contribution in [0, 0.1) is 0 Å². The van der Waals surface area contributed by atoms with Gasteiger partial charge in [-0.3, -0.25) is 4.79 Å². The Labute approximate surface area is 125 Å². The minimum absolute atomic E-state index is 0.136. The van der Waals surface area contributed by atoms with E-state index in [9.17, 15) is 4.79 Å². The fourth-order valence-electron chi connectivity index (χ4n) is 2.65. The first-order valence-electron chi connectivity index (χ1n) is 6.28. The molecule has 1 aliphatic rings. The van der Waals surface area contributed by atoms with Crippen LogP contribution in [0.15, 0.2) is 27.1 Å². The van der Waals surface area contributed by atoms with Crippen LogP contribution in [0.4, 0.5) is 0 Å². The normalized spacial score (nSPS) is 24.1. The SMILES string of the molecule is C[C@@H]1CCC[C@H](C)N1C(=O)c1cc(Br)cc(Br)c1. The van der Waals surface area contributed by atoms with Gasteiger partial charge in [0.2, 0.25) is 0 Å². The van der Waals surface area contributed by atoms with E-state index in [0.717, 1.165) is 27.4 Å². The van der Waals surface area contributed by atoms with Gasteiger partial charge in [-0.25, -0.2) is 0 Å². The Kier molecular flexibility index (Phi) is 4.49. The second-order valence-corrected chi connectivity index (χ2v) is 6.83. The van der Waals surface area contributed by atoms with Gasteiger partial charge in [0.15, 0.2) is 0 Å². The number of benzene rings is 1. The summed E-state index contributed by atoms with van der Waals surface area (Å²) in [5.74, 6) is 0.136. The highest BCUT2D eigenvalue weighted by Gasteiger charge is 2.29. The molecule has 0 aromatic heterocycles. The number of rotatable bonds is 1. The lowest BCUT2D eigenvalue weighted by atomic mass is 9.96.